The standard InChI is InChI=1S/C22H19F3N6/c23-22(24,25)20-28-17-8-4-5-9-18(17)31(20)21-29-16-10-11-26-13-15(16)19(30-21)27-12-14-6-2-1-3-7-14/h1-9,26H,10-13H2,(H,27,29,30). The second-order valence-electron chi connectivity index (χ2n) is 7.32. The number of hydrogen-bond donors (Lipinski definition) is 2. The van der Waals surface area contributed by atoms with Crippen LogP contribution in [0.15, 0.2) is 54.6 Å². The van der Waals surface area contributed by atoms with Gasteiger partial charge in [0.25, 0.3) is 0 Å². The quantitative estimate of drug-likeness (QED) is 0.517. The van der Waals surface area contributed by atoms with Crippen LogP contribution in [0.3, 0.4) is 0 Å². The van der Waals surface area contributed by atoms with Crippen molar-refractivity contribution in [2.75, 3.05) is 11.9 Å². The van der Waals surface area contributed by atoms with E-state index in [4.69, 9.17) is 0 Å². The molecule has 0 atom stereocenters. The molecule has 0 aliphatic carbocycles. The summed E-state index contributed by atoms with van der Waals surface area (Å²) in [5.74, 6) is -0.532. The van der Waals surface area contributed by atoms with Crippen molar-refractivity contribution >= 4 is 16.9 Å². The lowest BCUT2D eigenvalue weighted by Gasteiger charge is -2.21. The number of aromatic nitrogens is 4. The van der Waals surface area contributed by atoms with Crippen molar-refractivity contribution in [2.24, 2.45) is 0 Å². The average molecular weight is 424 g/mol. The first-order chi connectivity index (χ1) is 15.0. The molecule has 0 radical (unpaired) electrons. The molecule has 1 aliphatic heterocycles. The van der Waals surface area contributed by atoms with Gasteiger partial charge in [-0.05, 0) is 17.7 Å². The number of benzene rings is 2. The van der Waals surface area contributed by atoms with Gasteiger partial charge in [0, 0.05) is 31.6 Å². The third-order valence-corrected chi connectivity index (χ3v) is 5.24. The van der Waals surface area contributed by atoms with Gasteiger partial charge in [0.1, 0.15) is 5.82 Å². The van der Waals surface area contributed by atoms with Crippen LogP contribution >= 0.6 is 0 Å². The van der Waals surface area contributed by atoms with Gasteiger partial charge in [-0.3, -0.25) is 4.57 Å². The fourth-order valence-corrected chi connectivity index (χ4v) is 3.78. The number of halogens is 3. The second-order valence-corrected chi connectivity index (χ2v) is 7.32. The topological polar surface area (TPSA) is 67.7 Å². The monoisotopic (exact) mass is 424 g/mol. The number of para-hydroxylation sites is 2. The van der Waals surface area contributed by atoms with Crippen molar-refractivity contribution in [1.29, 1.82) is 0 Å². The first-order valence-electron chi connectivity index (χ1n) is 9.94. The molecule has 2 aromatic carbocycles. The van der Waals surface area contributed by atoms with Gasteiger partial charge in [0.15, 0.2) is 0 Å². The zero-order valence-corrected chi connectivity index (χ0v) is 16.4. The van der Waals surface area contributed by atoms with E-state index in [1.165, 1.54) is 0 Å². The van der Waals surface area contributed by atoms with Crippen molar-refractivity contribution < 1.29 is 13.2 Å². The summed E-state index contributed by atoms with van der Waals surface area (Å²) in [6, 6.07) is 16.2. The highest BCUT2D eigenvalue weighted by molar-refractivity contribution is 5.77. The van der Waals surface area contributed by atoms with Gasteiger partial charge in [-0.25, -0.2) is 9.97 Å². The van der Waals surface area contributed by atoms with Crippen molar-refractivity contribution in [3.63, 3.8) is 0 Å². The van der Waals surface area contributed by atoms with Gasteiger partial charge in [-0.2, -0.15) is 18.2 Å². The number of rotatable bonds is 4. The number of nitrogens with one attached hydrogen (secondary N) is 2. The minimum atomic E-state index is -4.64. The molecular weight excluding hydrogens is 405 g/mol. The Morgan fingerprint density at radius 2 is 1.74 bits per heavy atom. The Morgan fingerprint density at radius 3 is 2.55 bits per heavy atom. The van der Waals surface area contributed by atoms with E-state index in [1.807, 2.05) is 30.3 Å². The summed E-state index contributed by atoms with van der Waals surface area (Å²) in [4.78, 5) is 12.9. The Morgan fingerprint density at radius 1 is 0.968 bits per heavy atom. The van der Waals surface area contributed by atoms with Crippen molar-refractivity contribution in [1.82, 2.24) is 24.8 Å². The summed E-state index contributed by atoms with van der Waals surface area (Å²) < 4.78 is 42.5. The number of nitrogens with zero attached hydrogens (tertiary/aromatic N) is 4. The molecule has 2 aromatic heterocycles. The Bertz CT molecular complexity index is 1230. The first kappa shape index (κ1) is 19.5. The van der Waals surface area contributed by atoms with Gasteiger partial charge >= 0.3 is 6.18 Å². The lowest BCUT2D eigenvalue weighted by Crippen LogP contribution is -2.27. The molecule has 9 heteroatoms. The van der Waals surface area contributed by atoms with Crippen LogP contribution in [0.5, 0.6) is 0 Å². The Hall–Kier alpha value is -3.46. The molecule has 0 saturated heterocycles. The minimum absolute atomic E-state index is 0.0303. The number of hydrogen-bond acceptors (Lipinski definition) is 5. The number of alkyl halides is 3. The van der Waals surface area contributed by atoms with E-state index < -0.39 is 12.0 Å². The summed E-state index contributed by atoms with van der Waals surface area (Å²) in [5, 5.41) is 6.57. The van der Waals surface area contributed by atoms with Gasteiger partial charge in [-0.15, -0.1) is 0 Å². The maximum absolute atomic E-state index is 13.8. The maximum atomic E-state index is 13.8. The molecular formula is C22H19F3N6. The van der Waals surface area contributed by atoms with E-state index in [1.54, 1.807) is 24.3 Å². The van der Waals surface area contributed by atoms with Gasteiger partial charge in [0.2, 0.25) is 11.8 Å². The van der Waals surface area contributed by atoms with E-state index >= 15 is 0 Å². The molecule has 0 bridgehead atoms. The summed E-state index contributed by atoms with van der Waals surface area (Å²) in [6.45, 7) is 1.77. The Labute approximate surface area is 176 Å². The van der Waals surface area contributed by atoms with Crippen molar-refractivity contribution in [2.45, 2.75) is 25.7 Å². The van der Waals surface area contributed by atoms with Crippen LogP contribution < -0.4 is 10.6 Å². The molecule has 4 aromatic rings. The molecule has 0 spiro atoms. The van der Waals surface area contributed by atoms with Crippen LogP contribution in [0, 0.1) is 0 Å². The first-order valence-corrected chi connectivity index (χ1v) is 9.94. The highest BCUT2D eigenvalue weighted by Gasteiger charge is 2.39. The van der Waals surface area contributed by atoms with Gasteiger partial charge in [0.05, 0.1) is 16.7 Å². The van der Waals surface area contributed by atoms with Crippen molar-refractivity contribution in [3.8, 4) is 5.95 Å². The van der Waals surface area contributed by atoms with Gasteiger partial charge < -0.3 is 10.6 Å². The minimum Gasteiger partial charge on any atom is -0.366 e. The molecule has 0 unspecified atom stereocenters. The lowest BCUT2D eigenvalue weighted by atomic mass is 10.1. The smallest absolute Gasteiger partial charge is 0.366 e. The number of fused-ring (bicyclic) bond motifs is 2. The predicted octanol–water partition coefficient (Wildman–Crippen LogP) is 4.09. The lowest BCUT2D eigenvalue weighted by molar-refractivity contribution is -0.145. The average Bonchev–Trinajstić information content (AvgIpc) is 3.18. The molecule has 0 amide bonds. The maximum Gasteiger partial charge on any atom is 0.450 e. The normalized spacial score (nSPS) is 13.9. The van der Waals surface area contributed by atoms with Crippen LogP contribution in [0.25, 0.3) is 17.0 Å². The number of anilines is 1. The van der Waals surface area contributed by atoms with E-state index in [9.17, 15) is 13.2 Å². The third-order valence-electron chi connectivity index (χ3n) is 5.24. The fraction of sp³-hybridized carbons (Fsp3) is 0.227. The van der Waals surface area contributed by atoms with E-state index in [2.05, 4.69) is 25.6 Å². The highest BCUT2D eigenvalue weighted by atomic mass is 19.4. The van der Waals surface area contributed by atoms with Gasteiger partial charge in [-0.1, -0.05) is 42.5 Å². The molecule has 31 heavy (non-hydrogen) atoms. The van der Waals surface area contributed by atoms with Crippen LogP contribution in [-0.4, -0.2) is 26.1 Å². The molecule has 1 aliphatic rings. The highest BCUT2D eigenvalue weighted by Crippen LogP contribution is 2.34. The summed E-state index contributed by atoms with van der Waals surface area (Å²) in [7, 11) is 0. The summed E-state index contributed by atoms with van der Waals surface area (Å²) in [6.07, 6.45) is -4.03. The molecule has 158 valence electrons. The zero-order valence-electron chi connectivity index (χ0n) is 16.4. The molecule has 2 N–H and O–H groups in total. The molecule has 6 nitrogen and oxygen atoms in total. The van der Waals surface area contributed by atoms with Crippen LogP contribution in [-0.2, 0) is 25.7 Å². The Kier molecular flexibility index (Phi) is 4.82. The second kappa shape index (κ2) is 7.66. The molecule has 3 heterocycles. The van der Waals surface area contributed by atoms with Crippen LogP contribution in [0.4, 0.5) is 19.0 Å². The largest absolute Gasteiger partial charge is 0.450 e. The fourth-order valence-electron chi connectivity index (χ4n) is 3.78. The summed E-state index contributed by atoms with van der Waals surface area (Å²) >= 11 is 0. The van der Waals surface area contributed by atoms with Crippen molar-refractivity contribution in [3.05, 3.63) is 77.2 Å². The van der Waals surface area contributed by atoms with E-state index in [0.29, 0.717) is 37.4 Å². The molecule has 0 saturated carbocycles. The van der Waals surface area contributed by atoms with E-state index in [0.717, 1.165) is 21.4 Å². The van der Waals surface area contributed by atoms with E-state index in [-0.39, 0.29) is 11.5 Å². The third kappa shape index (κ3) is 3.72. The molecule has 5 rings (SSSR count). The van der Waals surface area contributed by atoms with Crippen LogP contribution in [0.1, 0.15) is 22.6 Å². The van der Waals surface area contributed by atoms with Crippen LogP contribution in [0.2, 0.25) is 0 Å². The zero-order chi connectivity index (χ0) is 21.4. The SMILES string of the molecule is FC(F)(F)c1nc2ccccc2n1-c1nc2c(c(NCc3ccccc3)n1)CNCC2. The molecule has 0 fully saturated rings. The number of imidazole rings is 1. The summed E-state index contributed by atoms with van der Waals surface area (Å²) in [5.41, 5.74) is 3.23. The Balaban J connectivity index is 1.65. The predicted molar refractivity (Wildman–Crippen MR) is 111 cm³/mol.